The number of hydrogen-bond acceptors (Lipinski definition) is 5. The van der Waals surface area contributed by atoms with Crippen LogP contribution < -0.4 is 0 Å². The Morgan fingerprint density at radius 3 is 2.38 bits per heavy atom. The van der Waals surface area contributed by atoms with Crippen LogP contribution in [0.4, 0.5) is 4.79 Å². The van der Waals surface area contributed by atoms with E-state index in [-0.39, 0.29) is 19.4 Å². The summed E-state index contributed by atoms with van der Waals surface area (Å²) >= 11 is 0. The minimum Gasteiger partial charge on any atom is -0.464 e. The zero-order chi connectivity index (χ0) is 16.6. The van der Waals surface area contributed by atoms with E-state index in [1.165, 1.54) is 0 Å². The third-order valence-electron chi connectivity index (χ3n) is 2.36. The molecule has 6 heteroatoms. The summed E-state index contributed by atoms with van der Waals surface area (Å²) < 4.78 is 9.95. The molecule has 1 rings (SSSR count). The quantitative estimate of drug-likeness (QED) is 0.579. The largest absolute Gasteiger partial charge is 0.464 e. The van der Waals surface area contributed by atoms with Gasteiger partial charge in [-0.15, -0.1) is 6.58 Å². The standard InChI is InChI=1S/C12H19NO5.C3H6/c1-5-17-10(15)8-6-7-9(14)13(8)11(16)18-12(2,3)4;1-3-2/h8H,5-7H2,1-4H3;3H,1H2,2H3. The van der Waals surface area contributed by atoms with Crippen molar-refractivity contribution in [2.45, 2.75) is 59.1 Å². The van der Waals surface area contributed by atoms with E-state index in [4.69, 9.17) is 9.47 Å². The van der Waals surface area contributed by atoms with Crippen molar-refractivity contribution in [3.05, 3.63) is 12.7 Å². The Morgan fingerprint density at radius 2 is 1.95 bits per heavy atom. The molecule has 21 heavy (non-hydrogen) atoms. The molecule has 0 aromatic carbocycles. The summed E-state index contributed by atoms with van der Waals surface area (Å²) in [6.07, 6.45) is 1.41. The van der Waals surface area contributed by atoms with Crippen molar-refractivity contribution < 1.29 is 23.9 Å². The molecule has 0 spiro atoms. The molecule has 0 bridgehead atoms. The highest BCUT2D eigenvalue weighted by atomic mass is 16.6. The summed E-state index contributed by atoms with van der Waals surface area (Å²) in [6, 6.07) is -0.854. The van der Waals surface area contributed by atoms with Crippen LogP contribution in [0, 0.1) is 0 Å². The van der Waals surface area contributed by atoms with Crippen LogP contribution in [-0.2, 0) is 19.1 Å². The predicted molar refractivity (Wildman–Crippen MR) is 78.6 cm³/mol. The van der Waals surface area contributed by atoms with Gasteiger partial charge in [0.15, 0.2) is 0 Å². The van der Waals surface area contributed by atoms with E-state index in [9.17, 15) is 14.4 Å². The molecular formula is C15H25NO5. The minimum absolute atomic E-state index is 0.155. The van der Waals surface area contributed by atoms with Gasteiger partial charge in [-0.25, -0.2) is 14.5 Å². The van der Waals surface area contributed by atoms with Gasteiger partial charge in [-0.05, 0) is 41.0 Å². The summed E-state index contributed by atoms with van der Waals surface area (Å²) in [7, 11) is 0. The second-order valence-electron chi connectivity index (χ2n) is 5.46. The van der Waals surface area contributed by atoms with Gasteiger partial charge in [0.05, 0.1) is 6.61 Å². The van der Waals surface area contributed by atoms with Crippen molar-refractivity contribution in [2.75, 3.05) is 6.61 Å². The van der Waals surface area contributed by atoms with Gasteiger partial charge in [0, 0.05) is 6.42 Å². The number of carbonyl (C=O) groups excluding carboxylic acids is 3. The molecule has 1 saturated heterocycles. The molecule has 0 radical (unpaired) electrons. The number of allylic oxidation sites excluding steroid dienone is 1. The van der Waals surface area contributed by atoms with E-state index < -0.39 is 29.6 Å². The first-order valence-electron chi connectivity index (χ1n) is 6.96. The van der Waals surface area contributed by atoms with Crippen molar-refractivity contribution >= 4 is 18.0 Å². The number of amides is 2. The Balaban J connectivity index is 0.00000122. The Hall–Kier alpha value is -1.85. The first kappa shape index (κ1) is 19.1. The van der Waals surface area contributed by atoms with Crippen molar-refractivity contribution in [2.24, 2.45) is 0 Å². The Bertz CT molecular complexity index is 397. The summed E-state index contributed by atoms with van der Waals surface area (Å²) in [5, 5.41) is 0. The lowest BCUT2D eigenvalue weighted by molar-refractivity contribution is -0.150. The fourth-order valence-corrected chi connectivity index (χ4v) is 1.69. The second kappa shape index (κ2) is 8.44. The van der Waals surface area contributed by atoms with E-state index in [0.29, 0.717) is 0 Å². The van der Waals surface area contributed by atoms with Crippen LogP contribution in [0.1, 0.15) is 47.5 Å². The van der Waals surface area contributed by atoms with Crippen molar-refractivity contribution in [1.29, 1.82) is 0 Å². The molecule has 120 valence electrons. The average molecular weight is 299 g/mol. The highest BCUT2D eigenvalue weighted by Crippen LogP contribution is 2.23. The van der Waals surface area contributed by atoms with Gasteiger partial charge in [-0.2, -0.15) is 0 Å². The van der Waals surface area contributed by atoms with E-state index in [0.717, 1.165) is 4.90 Å². The molecule has 2 amide bonds. The normalized spacial score (nSPS) is 17.7. The number of rotatable bonds is 2. The number of hydrogen-bond donors (Lipinski definition) is 0. The number of carbonyl (C=O) groups is 3. The molecule has 1 aliphatic heterocycles. The summed E-state index contributed by atoms with van der Waals surface area (Å²) in [5.74, 6) is -0.962. The van der Waals surface area contributed by atoms with Crippen LogP contribution >= 0.6 is 0 Å². The van der Waals surface area contributed by atoms with Crippen molar-refractivity contribution in [3.63, 3.8) is 0 Å². The minimum atomic E-state index is -0.854. The lowest BCUT2D eigenvalue weighted by Crippen LogP contribution is -2.46. The molecule has 0 aromatic heterocycles. The fraction of sp³-hybridized carbons (Fsp3) is 0.667. The molecule has 6 nitrogen and oxygen atoms in total. The topological polar surface area (TPSA) is 72.9 Å². The van der Waals surface area contributed by atoms with Crippen molar-refractivity contribution in [3.8, 4) is 0 Å². The smallest absolute Gasteiger partial charge is 0.417 e. The van der Waals surface area contributed by atoms with E-state index >= 15 is 0 Å². The highest BCUT2D eigenvalue weighted by Gasteiger charge is 2.43. The first-order chi connectivity index (χ1) is 9.67. The van der Waals surface area contributed by atoms with Gasteiger partial charge in [0.2, 0.25) is 5.91 Å². The van der Waals surface area contributed by atoms with Gasteiger partial charge in [-0.1, -0.05) is 6.08 Å². The molecule has 1 atom stereocenters. The van der Waals surface area contributed by atoms with Crippen LogP contribution in [0.3, 0.4) is 0 Å². The van der Waals surface area contributed by atoms with E-state index in [1.54, 1.807) is 33.8 Å². The highest BCUT2D eigenvalue weighted by molar-refractivity contribution is 5.99. The maximum Gasteiger partial charge on any atom is 0.417 e. The first-order valence-corrected chi connectivity index (χ1v) is 6.96. The third-order valence-corrected chi connectivity index (χ3v) is 2.36. The van der Waals surface area contributed by atoms with Crippen molar-refractivity contribution in [1.82, 2.24) is 4.90 Å². The molecule has 1 unspecified atom stereocenters. The van der Waals surface area contributed by atoms with Gasteiger partial charge in [0.25, 0.3) is 0 Å². The Morgan fingerprint density at radius 1 is 1.43 bits per heavy atom. The SMILES string of the molecule is C=CC.CCOC(=O)C1CCC(=O)N1C(=O)OC(C)(C)C. The number of esters is 1. The zero-order valence-corrected chi connectivity index (χ0v) is 13.5. The van der Waals surface area contributed by atoms with Crippen LogP contribution in [0.15, 0.2) is 12.7 Å². The average Bonchev–Trinajstić information content (AvgIpc) is 2.70. The predicted octanol–water partition coefficient (Wildman–Crippen LogP) is 2.67. The zero-order valence-electron chi connectivity index (χ0n) is 13.5. The molecule has 0 N–H and O–H groups in total. The number of likely N-dealkylation sites (tertiary alicyclic amines) is 1. The Labute approximate surface area is 126 Å². The summed E-state index contributed by atoms with van der Waals surface area (Å²) in [5.41, 5.74) is -0.709. The van der Waals surface area contributed by atoms with Gasteiger partial charge < -0.3 is 9.47 Å². The second-order valence-corrected chi connectivity index (χ2v) is 5.46. The molecule has 1 heterocycles. The maximum atomic E-state index is 11.9. The fourth-order valence-electron chi connectivity index (χ4n) is 1.69. The van der Waals surface area contributed by atoms with Crippen LogP contribution in [-0.4, -0.2) is 41.1 Å². The number of imide groups is 1. The molecule has 1 fully saturated rings. The Kier molecular flexibility index (Phi) is 7.70. The molecule has 0 aromatic rings. The third kappa shape index (κ3) is 6.42. The van der Waals surface area contributed by atoms with Crippen LogP contribution in [0.25, 0.3) is 0 Å². The lowest BCUT2D eigenvalue weighted by atomic mass is 10.2. The monoisotopic (exact) mass is 299 g/mol. The van der Waals surface area contributed by atoms with Gasteiger partial charge >= 0.3 is 12.1 Å². The van der Waals surface area contributed by atoms with Crippen LogP contribution in [0.5, 0.6) is 0 Å². The molecule has 0 saturated carbocycles. The van der Waals surface area contributed by atoms with Gasteiger partial charge in [0.1, 0.15) is 11.6 Å². The lowest BCUT2D eigenvalue weighted by Gasteiger charge is -2.26. The molecular weight excluding hydrogens is 274 g/mol. The maximum absolute atomic E-state index is 11.9. The summed E-state index contributed by atoms with van der Waals surface area (Å²) in [6.45, 7) is 12.2. The number of ether oxygens (including phenoxy) is 2. The summed E-state index contributed by atoms with van der Waals surface area (Å²) in [4.78, 5) is 36.0. The van der Waals surface area contributed by atoms with E-state index in [2.05, 4.69) is 6.58 Å². The molecule has 1 aliphatic rings. The van der Waals surface area contributed by atoms with Gasteiger partial charge in [-0.3, -0.25) is 4.79 Å². The number of nitrogens with zero attached hydrogens (tertiary/aromatic N) is 1. The van der Waals surface area contributed by atoms with E-state index in [1.807, 2.05) is 6.92 Å². The molecule has 0 aliphatic carbocycles. The van der Waals surface area contributed by atoms with Crippen LogP contribution in [0.2, 0.25) is 0 Å².